The minimum absolute atomic E-state index is 0.0285. The van der Waals surface area contributed by atoms with Crippen LogP contribution in [-0.4, -0.2) is 57.1 Å². The predicted octanol–water partition coefficient (Wildman–Crippen LogP) is 1.55. The molecular weight excluding hydrogens is 450 g/mol. The van der Waals surface area contributed by atoms with Gasteiger partial charge in [0.1, 0.15) is 0 Å². The van der Waals surface area contributed by atoms with Crippen molar-refractivity contribution < 1.29 is 32.6 Å². The van der Waals surface area contributed by atoms with Gasteiger partial charge in [0, 0.05) is 12.2 Å². The molecule has 1 heterocycles. The highest BCUT2D eigenvalue weighted by atomic mass is 32.2. The number of nitrogens with two attached hydrogens (primary N) is 1. The number of carboxylic acids is 1. The zero-order valence-corrected chi connectivity index (χ0v) is 19.4. The molecule has 1 unspecified atom stereocenters. The maximum Gasteiger partial charge on any atom is 0.305 e. The van der Waals surface area contributed by atoms with Crippen molar-refractivity contribution >= 4 is 27.6 Å². The number of amides is 1. The Morgan fingerprint density at radius 3 is 2.36 bits per heavy atom. The number of carboxylic acid groups (broad SMARTS) is 1. The van der Waals surface area contributed by atoms with Crippen LogP contribution in [-0.2, 0) is 26.0 Å². The van der Waals surface area contributed by atoms with E-state index in [9.17, 15) is 23.1 Å². The van der Waals surface area contributed by atoms with Crippen LogP contribution in [0.25, 0.3) is 0 Å². The van der Waals surface area contributed by atoms with E-state index in [0.717, 1.165) is 5.56 Å². The summed E-state index contributed by atoms with van der Waals surface area (Å²) in [6.45, 7) is 1.66. The first-order valence-electron chi connectivity index (χ1n) is 10.2. The molecule has 2 atom stereocenters. The van der Waals surface area contributed by atoms with Crippen molar-refractivity contribution in [2.75, 3.05) is 26.5 Å². The zero-order valence-electron chi connectivity index (χ0n) is 18.6. The van der Waals surface area contributed by atoms with Crippen LogP contribution < -0.4 is 19.9 Å². The Balaban J connectivity index is 1.90. The number of sulfonamides is 1. The molecule has 178 valence electrons. The van der Waals surface area contributed by atoms with E-state index in [-0.39, 0.29) is 17.9 Å². The molecule has 0 fully saturated rings. The van der Waals surface area contributed by atoms with Crippen LogP contribution in [0, 0.1) is 0 Å². The molecule has 0 radical (unpaired) electrons. The Morgan fingerprint density at radius 1 is 1.18 bits per heavy atom. The third-order valence-electron chi connectivity index (χ3n) is 5.55. The molecule has 2 aromatic rings. The molecule has 10 nitrogen and oxygen atoms in total. The highest BCUT2D eigenvalue weighted by Gasteiger charge is 2.36. The summed E-state index contributed by atoms with van der Waals surface area (Å²) in [5.74, 6) is -0.691. The number of carbonyl (C=O) groups is 2. The SMILES string of the molecule is COc1cc2c(cc1OC)C(CC(=O)O)N(C(=O)[C@H](C)NS(=O)(=O)c1ccc(N)cc1)CC2. The Hall–Kier alpha value is -3.31. The summed E-state index contributed by atoms with van der Waals surface area (Å²) >= 11 is 0. The summed E-state index contributed by atoms with van der Waals surface area (Å²) in [6, 6.07) is 7.13. The van der Waals surface area contributed by atoms with Crippen molar-refractivity contribution in [1.82, 2.24) is 9.62 Å². The molecule has 1 amide bonds. The Labute approximate surface area is 192 Å². The first-order chi connectivity index (χ1) is 15.6. The van der Waals surface area contributed by atoms with E-state index in [1.165, 1.54) is 50.3 Å². The van der Waals surface area contributed by atoms with Gasteiger partial charge in [-0.15, -0.1) is 0 Å². The number of benzene rings is 2. The smallest absolute Gasteiger partial charge is 0.305 e. The fraction of sp³-hybridized carbons (Fsp3) is 0.364. The number of aliphatic carboxylic acids is 1. The van der Waals surface area contributed by atoms with Crippen molar-refractivity contribution in [3.63, 3.8) is 0 Å². The normalized spacial score (nSPS) is 16.6. The van der Waals surface area contributed by atoms with Crippen molar-refractivity contribution in [2.24, 2.45) is 0 Å². The molecule has 11 heteroatoms. The number of rotatable bonds is 8. The topological polar surface area (TPSA) is 148 Å². The number of methoxy groups -OCH3 is 2. The number of nitrogens with zero attached hydrogens (tertiary/aromatic N) is 1. The van der Waals surface area contributed by atoms with E-state index < -0.39 is 34.0 Å². The van der Waals surface area contributed by atoms with Crippen LogP contribution in [0.15, 0.2) is 41.3 Å². The lowest BCUT2D eigenvalue weighted by atomic mass is 9.89. The first-order valence-corrected chi connectivity index (χ1v) is 11.7. The maximum atomic E-state index is 13.3. The number of anilines is 1. The van der Waals surface area contributed by atoms with E-state index in [4.69, 9.17) is 15.2 Å². The average Bonchev–Trinajstić information content (AvgIpc) is 2.77. The van der Waals surface area contributed by atoms with Gasteiger partial charge in [0.2, 0.25) is 15.9 Å². The van der Waals surface area contributed by atoms with Gasteiger partial charge in [-0.25, -0.2) is 8.42 Å². The van der Waals surface area contributed by atoms with E-state index in [2.05, 4.69) is 4.72 Å². The van der Waals surface area contributed by atoms with Crippen LogP contribution in [0.4, 0.5) is 5.69 Å². The molecule has 33 heavy (non-hydrogen) atoms. The largest absolute Gasteiger partial charge is 0.493 e. The van der Waals surface area contributed by atoms with E-state index in [1.807, 2.05) is 0 Å². The summed E-state index contributed by atoms with van der Waals surface area (Å²) in [4.78, 5) is 26.3. The molecule has 3 rings (SSSR count). The summed E-state index contributed by atoms with van der Waals surface area (Å²) in [7, 11) is -1.01. The molecule has 2 aromatic carbocycles. The van der Waals surface area contributed by atoms with Crippen molar-refractivity contribution in [3.8, 4) is 11.5 Å². The lowest BCUT2D eigenvalue weighted by Gasteiger charge is -2.38. The summed E-state index contributed by atoms with van der Waals surface area (Å²) in [5.41, 5.74) is 7.49. The van der Waals surface area contributed by atoms with Gasteiger partial charge in [-0.3, -0.25) is 9.59 Å². The number of hydrogen-bond donors (Lipinski definition) is 3. The molecule has 0 saturated carbocycles. The van der Waals surface area contributed by atoms with Gasteiger partial charge in [-0.05, 0) is 60.9 Å². The van der Waals surface area contributed by atoms with Crippen molar-refractivity contribution in [1.29, 1.82) is 0 Å². The molecule has 0 spiro atoms. The molecule has 0 aliphatic carbocycles. The average molecular weight is 478 g/mol. The molecule has 0 saturated heterocycles. The summed E-state index contributed by atoms with van der Waals surface area (Å²) in [5, 5.41) is 9.50. The molecule has 0 bridgehead atoms. The van der Waals surface area contributed by atoms with Gasteiger partial charge >= 0.3 is 5.97 Å². The van der Waals surface area contributed by atoms with Gasteiger partial charge in [0.15, 0.2) is 11.5 Å². The monoisotopic (exact) mass is 477 g/mol. The second kappa shape index (κ2) is 9.67. The number of fused-ring (bicyclic) bond motifs is 1. The lowest BCUT2D eigenvalue weighted by Crippen LogP contribution is -2.50. The van der Waals surface area contributed by atoms with Crippen LogP contribution in [0.2, 0.25) is 0 Å². The predicted molar refractivity (Wildman–Crippen MR) is 121 cm³/mol. The van der Waals surface area contributed by atoms with Gasteiger partial charge < -0.3 is 25.2 Å². The van der Waals surface area contributed by atoms with Gasteiger partial charge in [0.05, 0.1) is 37.6 Å². The number of nitrogens with one attached hydrogen (secondary N) is 1. The number of ether oxygens (including phenoxy) is 2. The molecule has 1 aliphatic rings. The van der Waals surface area contributed by atoms with Gasteiger partial charge in [-0.2, -0.15) is 4.72 Å². The summed E-state index contributed by atoms with van der Waals surface area (Å²) < 4.78 is 38.5. The quantitative estimate of drug-likeness (QED) is 0.485. The fourth-order valence-corrected chi connectivity index (χ4v) is 5.12. The fourth-order valence-electron chi connectivity index (χ4n) is 3.92. The van der Waals surface area contributed by atoms with Gasteiger partial charge in [0.25, 0.3) is 0 Å². The second-order valence-corrected chi connectivity index (χ2v) is 9.43. The molecule has 0 aromatic heterocycles. The van der Waals surface area contributed by atoms with Crippen LogP contribution in [0.1, 0.15) is 30.5 Å². The molecular formula is C22H27N3O7S. The third kappa shape index (κ3) is 5.20. The highest BCUT2D eigenvalue weighted by Crippen LogP contribution is 2.39. The molecule has 4 N–H and O–H groups in total. The minimum atomic E-state index is -3.99. The van der Waals surface area contributed by atoms with Crippen molar-refractivity contribution in [3.05, 3.63) is 47.5 Å². The number of carbonyl (C=O) groups excluding carboxylic acids is 1. The maximum absolute atomic E-state index is 13.3. The zero-order chi connectivity index (χ0) is 24.3. The Morgan fingerprint density at radius 2 is 1.79 bits per heavy atom. The third-order valence-corrected chi connectivity index (χ3v) is 7.10. The first kappa shape index (κ1) is 24.3. The summed E-state index contributed by atoms with van der Waals surface area (Å²) in [6.07, 6.45) is 0.112. The number of nitrogen functional groups attached to an aromatic ring is 1. The van der Waals surface area contributed by atoms with Crippen LogP contribution in [0.5, 0.6) is 11.5 Å². The Kier molecular flexibility index (Phi) is 7.13. The number of hydrogen-bond acceptors (Lipinski definition) is 7. The van der Waals surface area contributed by atoms with E-state index in [0.29, 0.717) is 29.2 Å². The Bertz CT molecular complexity index is 1150. The highest BCUT2D eigenvalue weighted by molar-refractivity contribution is 7.89. The standard InChI is InChI=1S/C22H27N3O7S/c1-13(24-33(29,30)16-6-4-15(23)5-7-16)22(28)25-9-8-14-10-19(31-2)20(32-3)11-17(14)18(25)12-21(26)27/h4-7,10-11,13,18,24H,8-9,12,23H2,1-3H3,(H,26,27)/t13-,18?/m0/s1. The van der Waals surface area contributed by atoms with Crippen LogP contribution >= 0.6 is 0 Å². The van der Waals surface area contributed by atoms with E-state index >= 15 is 0 Å². The second-order valence-electron chi connectivity index (χ2n) is 7.71. The lowest BCUT2D eigenvalue weighted by molar-refractivity contribution is -0.142. The van der Waals surface area contributed by atoms with Crippen LogP contribution in [0.3, 0.4) is 0 Å². The van der Waals surface area contributed by atoms with Gasteiger partial charge in [-0.1, -0.05) is 0 Å². The molecule has 1 aliphatic heterocycles. The van der Waals surface area contributed by atoms with E-state index in [1.54, 1.807) is 12.1 Å². The minimum Gasteiger partial charge on any atom is -0.493 e. The van der Waals surface area contributed by atoms with Crippen molar-refractivity contribution in [2.45, 2.75) is 36.7 Å².